The second-order valence-corrected chi connectivity index (χ2v) is 7.51. The van der Waals surface area contributed by atoms with Crippen LogP contribution in [0.15, 0.2) is 4.99 Å². The Bertz CT molecular complexity index is 435. The fraction of sp³-hybridized carbons (Fsp3) is 0.889. The first-order valence-electron chi connectivity index (χ1n) is 9.32. The lowest BCUT2D eigenvalue weighted by Crippen LogP contribution is -2.43. The molecule has 0 bridgehead atoms. The van der Waals surface area contributed by atoms with Gasteiger partial charge in [-0.25, -0.2) is 4.79 Å². The van der Waals surface area contributed by atoms with Crippen molar-refractivity contribution in [1.29, 1.82) is 0 Å². The van der Waals surface area contributed by atoms with Crippen molar-refractivity contribution in [1.82, 2.24) is 15.5 Å². The summed E-state index contributed by atoms with van der Waals surface area (Å²) in [5.74, 6) is 0.796. The van der Waals surface area contributed by atoms with E-state index in [4.69, 9.17) is 9.47 Å². The maximum absolute atomic E-state index is 12.1. The molecule has 1 amide bonds. The van der Waals surface area contributed by atoms with Gasteiger partial charge in [0, 0.05) is 32.8 Å². The predicted molar refractivity (Wildman–Crippen MR) is 116 cm³/mol. The van der Waals surface area contributed by atoms with Crippen LogP contribution in [0.25, 0.3) is 0 Å². The van der Waals surface area contributed by atoms with E-state index in [9.17, 15) is 4.79 Å². The van der Waals surface area contributed by atoms with Gasteiger partial charge in [0.25, 0.3) is 0 Å². The number of ether oxygens (including phenoxy) is 2. The van der Waals surface area contributed by atoms with Gasteiger partial charge >= 0.3 is 6.09 Å². The van der Waals surface area contributed by atoms with E-state index in [1.807, 2.05) is 34.6 Å². The molecule has 1 aliphatic heterocycles. The average molecular weight is 484 g/mol. The third kappa shape index (κ3) is 10.4. The monoisotopic (exact) mass is 484 g/mol. The summed E-state index contributed by atoms with van der Waals surface area (Å²) in [6.07, 6.45) is 2.96. The first-order chi connectivity index (χ1) is 11.7. The molecule has 26 heavy (non-hydrogen) atoms. The Kier molecular flexibility index (Phi) is 12.2. The van der Waals surface area contributed by atoms with Crippen molar-refractivity contribution in [3.63, 3.8) is 0 Å². The molecule has 154 valence electrons. The Balaban J connectivity index is 0.00000625. The number of hydrogen-bond acceptors (Lipinski definition) is 4. The smallest absolute Gasteiger partial charge is 0.410 e. The molecule has 1 heterocycles. The quantitative estimate of drug-likeness (QED) is 0.330. The first kappa shape index (κ1) is 25.2. The largest absolute Gasteiger partial charge is 0.444 e. The Morgan fingerprint density at radius 1 is 1.38 bits per heavy atom. The highest BCUT2D eigenvalue weighted by molar-refractivity contribution is 14.0. The Labute approximate surface area is 175 Å². The van der Waals surface area contributed by atoms with Gasteiger partial charge in [0.15, 0.2) is 5.96 Å². The van der Waals surface area contributed by atoms with Crippen molar-refractivity contribution >= 4 is 36.0 Å². The number of nitrogens with zero attached hydrogens (tertiary/aromatic N) is 2. The minimum atomic E-state index is -0.476. The van der Waals surface area contributed by atoms with E-state index >= 15 is 0 Å². The number of carbonyl (C=O) groups is 1. The second-order valence-electron chi connectivity index (χ2n) is 7.51. The van der Waals surface area contributed by atoms with E-state index in [-0.39, 0.29) is 42.2 Å². The van der Waals surface area contributed by atoms with Crippen LogP contribution in [0.2, 0.25) is 0 Å². The van der Waals surface area contributed by atoms with Gasteiger partial charge in [0.05, 0.1) is 12.6 Å². The molecule has 1 fully saturated rings. The van der Waals surface area contributed by atoms with Gasteiger partial charge in [0.2, 0.25) is 0 Å². The van der Waals surface area contributed by atoms with Gasteiger partial charge in [-0.1, -0.05) is 0 Å². The van der Waals surface area contributed by atoms with Crippen LogP contribution in [0.5, 0.6) is 0 Å². The molecule has 8 heteroatoms. The highest BCUT2D eigenvalue weighted by Gasteiger charge is 2.22. The molecule has 0 spiro atoms. The van der Waals surface area contributed by atoms with Crippen LogP contribution < -0.4 is 10.6 Å². The molecule has 0 aromatic carbocycles. The zero-order valence-electron chi connectivity index (χ0n) is 17.1. The number of carbonyl (C=O) groups excluding carboxylic acids is 1. The first-order valence-corrected chi connectivity index (χ1v) is 9.32. The lowest BCUT2D eigenvalue weighted by Gasteiger charge is -2.29. The summed E-state index contributed by atoms with van der Waals surface area (Å²) >= 11 is 0. The van der Waals surface area contributed by atoms with Gasteiger partial charge in [-0.3, -0.25) is 4.99 Å². The molecule has 0 aromatic rings. The molecule has 0 aliphatic carbocycles. The summed E-state index contributed by atoms with van der Waals surface area (Å²) in [4.78, 5) is 18.3. The number of nitrogens with one attached hydrogen (secondary N) is 2. The fourth-order valence-electron chi connectivity index (χ4n) is 2.43. The topological polar surface area (TPSA) is 75.2 Å². The summed E-state index contributed by atoms with van der Waals surface area (Å²) in [6, 6.07) is 0.0726. The molecule has 2 unspecified atom stereocenters. The Hall–Kier alpha value is -0.770. The molecular weight excluding hydrogens is 447 g/mol. The zero-order valence-corrected chi connectivity index (χ0v) is 19.5. The lowest BCUT2D eigenvalue weighted by molar-refractivity contribution is 0.0230. The highest BCUT2D eigenvalue weighted by atomic mass is 127. The van der Waals surface area contributed by atoms with E-state index in [0.29, 0.717) is 6.54 Å². The third-order valence-electron chi connectivity index (χ3n) is 4.02. The SMILES string of the molecule is CCNC(=NCC1CCCO1)NCCC(C)N(C)C(=O)OC(C)(C)C.I. The van der Waals surface area contributed by atoms with Gasteiger partial charge < -0.3 is 25.0 Å². The van der Waals surface area contributed by atoms with E-state index in [1.54, 1.807) is 11.9 Å². The number of halogens is 1. The molecule has 0 aromatic heterocycles. The van der Waals surface area contributed by atoms with E-state index in [0.717, 1.165) is 44.9 Å². The van der Waals surface area contributed by atoms with Crippen LogP contribution >= 0.6 is 24.0 Å². The summed E-state index contributed by atoms with van der Waals surface area (Å²) < 4.78 is 11.0. The molecule has 7 nitrogen and oxygen atoms in total. The van der Waals surface area contributed by atoms with E-state index in [1.165, 1.54) is 0 Å². The Morgan fingerprint density at radius 2 is 2.08 bits per heavy atom. The molecule has 2 atom stereocenters. The minimum Gasteiger partial charge on any atom is -0.444 e. The van der Waals surface area contributed by atoms with Crippen LogP contribution in [0.1, 0.15) is 53.9 Å². The average Bonchev–Trinajstić information content (AvgIpc) is 3.03. The van der Waals surface area contributed by atoms with Gasteiger partial charge in [0.1, 0.15) is 5.60 Å². The standard InChI is InChI=1S/C18H36N4O3.HI/c1-7-19-16(21-13-15-9-8-12-24-15)20-11-10-14(2)22(6)17(23)25-18(3,4)5;/h14-15H,7-13H2,1-6H3,(H2,19,20,21);1H. The molecule has 0 saturated carbocycles. The van der Waals surface area contributed by atoms with Crippen LogP contribution in [0, 0.1) is 0 Å². The molecule has 1 aliphatic rings. The van der Waals surface area contributed by atoms with E-state index < -0.39 is 5.60 Å². The summed E-state index contributed by atoms with van der Waals surface area (Å²) in [5.41, 5.74) is -0.476. The zero-order chi connectivity index (χ0) is 18.9. The maximum Gasteiger partial charge on any atom is 0.410 e. The molecular formula is C18H37IN4O3. The molecule has 2 N–H and O–H groups in total. The van der Waals surface area contributed by atoms with Crippen LogP contribution in [0.3, 0.4) is 0 Å². The number of guanidine groups is 1. The van der Waals surface area contributed by atoms with Crippen LogP contribution in [-0.4, -0.2) is 68.0 Å². The molecule has 0 radical (unpaired) electrons. The summed E-state index contributed by atoms with van der Waals surface area (Å²) in [6.45, 7) is 12.7. The van der Waals surface area contributed by atoms with Crippen molar-refractivity contribution in [2.75, 3.05) is 33.3 Å². The third-order valence-corrected chi connectivity index (χ3v) is 4.02. The Morgan fingerprint density at radius 3 is 2.62 bits per heavy atom. The number of amides is 1. The van der Waals surface area contributed by atoms with Crippen molar-refractivity contribution in [2.45, 2.75) is 71.6 Å². The van der Waals surface area contributed by atoms with E-state index in [2.05, 4.69) is 15.6 Å². The fourth-order valence-corrected chi connectivity index (χ4v) is 2.43. The van der Waals surface area contributed by atoms with Gasteiger partial charge in [-0.05, 0) is 53.9 Å². The maximum atomic E-state index is 12.1. The van der Waals surface area contributed by atoms with Crippen molar-refractivity contribution < 1.29 is 14.3 Å². The van der Waals surface area contributed by atoms with Crippen molar-refractivity contribution in [2.24, 2.45) is 4.99 Å². The minimum absolute atomic E-state index is 0. The second kappa shape index (κ2) is 12.6. The van der Waals surface area contributed by atoms with Gasteiger partial charge in [-0.2, -0.15) is 0 Å². The van der Waals surface area contributed by atoms with Crippen molar-refractivity contribution in [3.05, 3.63) is 0 Å². The molecule has 1 rings (SSSR count). The lowest BCUT2D eigenvalue weighted by atomic mass is 10.2. The number of aliphatic imine (C=N–C) groups is 1. The predicted octanol–water partition coefficient (Wildman–Crippen LogP) is 2.98. The summed E-state index contributed by atoms with van der Waals surface area (Å²) in [7, 11) is 1.77. The molecule has 1 saturated heterocycles. The van der Waals surface area contributed by atoms with Crippen LogP contribution in [-0.2, 0) is 9.47 Å². The van der Waals surface area contributed by atoms with Crippen molar-refractivity contribution in [3.8, 4) is 0 Å². The number of hydrogen-bond donors (Lipinski definition) is 2. The highest BCUT2D eigenvalue weighted by Crippen LogP contribution is 2.12. The number of rotatable bonds is 7. The van der Waals surface area contributed by atoms with Gasteiger partial charge in [-0.15, -0.1) is 24.0 Å². The summed E-state index contributed by atoms with van der Waals surface area (Å²) in [5, 5.41) is 6.56. The normalized spacial score (nSPS) is 18.7. The van der Waals surface area contributed by atoms with Crippen LogP contribution in [0.4, 0.5) is 4.79 Å².